The highest BCUT2D eigenvalue weighted by Crippen LogP contribution is 2.26. The Labute approximate surface area is 87.5 Å². The molecule has 0 saturated carbocycles. The Morgan fingerprint density at radius 3 is 2.79 bits per heavy atom. The average Bonchev–Trinajstić information content (AvgIpc) is 2.11. The molecule has 3 N–H and O–H groups in total. The Balaban J connectivity index is 3.07. The molecule has 0 aromatic heterocycles. The quantitative estimate of drug-likeness (QED) is 0.815. The maximum atomic E-state index is 13.0. The van der Waals surface area contributed by atoms with Crippen molar-refractivity contribution in [3.8, 4) is 0 Å². The number of hydrogen-bond acceptors (Lipinski definition) is 2. The van der Waals surface area contributed by atoms with Crippen LogP contribution >= 0.6 is 11.6 Å². The van der Waals surface area contributed by atoms with Gasteiger partial charge in [-0.05, 0) is 36.6 Å². The lowest BCUT2D eigenvalue weighted by Crippen LogP contribution is -2.13. The summed E-state index contributed by atoms with van der Waals surface area (Å²) in [7, 11) is 0. The number of aliphatic hydroxyl groups excluding tert-OH is 1. The minimum atomic E-state index is -0.399. The van der Waals surface area contributed by atoms with Crippen LogP contribution in [0, 0.1) is 12.7 Å². The summed E-state index contributed by atoms with van der Waals surface area (Å²) in [5.74, 6) is -0.399. The van der Waals surface area contributed by atoms with Crippen LogP contribution in [0.1, 0.15) is 23.6 Å². The predicted molar refractivity (Wildman–Crippen MR) is 54.8 cm³/mol. The van der Waals surface area contributed by atoms with E-state index in [9.17, 15) is 4.39 Å². The van der Waals surface area contributed by atoms with Crippen molar-refractivity contribution in [1.29, 1.82) is 0 Å². The van der Waals surface area contributed by atoms with E-state index in [-0.39, 0.29) is 12.6 Å². The van der Waals surface area contributed by atoms with E-state index in [1.165, 1.54) is 12.1 Å². The van der Waals surface area contributed by atoms with Gasteiger partial charge in [0.05, 0.1) is 0 Å². The van der Waals surface area contributed by atoms with Crippen LogP contribution in [0.5, 0.6) is 0 Å². The molecule has 1 aromatic rings. The van der Waals surface area contributed by atoms with Gasteiger partial charge in [0.1, 0.15) is 5.82 Å². The van der Waals surface area contributed by atoms with Gasteiger partial charge in [-0.3, -0.25) is 0 Å². The first-order valence-corrected chi connectivity index (χ1v) is 4.76. The molecule has 0 aliphatic carbocycles. The number of hydrogen-bond donors (Lipinski definition) is 2. The van der Waals surface area contributed by atoms with Gasteiger partial charge in [0.25, 0.3) is 0 Å². The Morgan fingerprint density at radius 1 is 1.57 bits per heavy atom. The van der Waals surface area contributed by atoms with Crippen LogP contribution in [0.4, 0.5) is 4.39 Å². The highest BCUT2D eigenvalue weighted by atomic mass is 35.5. The summed E-state index contributed by atoms with van der Waals surface area (Å²) in [5, 5.41) is 9.09. The molecule has 0 heterocycles. The molecule has 0 fully saturated rings. The first kappa shape index (κ1) is 11.4. The van der Waals surface area contributed by atoms with Crippen molar-refractivity contribution in [2.75, 3.05) is 6.61 Å². The van der Waals surface area contributed by atoms with Crippen molar-refractivity contribution < 1.29 is 9.50 Å². The van der Waals surface area contributed by atoms with Crippen molar-refractivity contribution in [2.24, 2.45) is 5.73 Å². The van der Waals surface area contributed by atoms with Gasteiger partial charge in [0.2, 0.25) is 0 Å². The fourth-order valence-corrected chi connectivity index (χ4v) is 1.56. The van der Waals surface area contributed by atoms with Gasteiger partial charge in [-0.2, -0.15) is 0 Å². The molecular weight excluding hydrogens is 205 g/mol. The summed E-state index contributed by atoms with van der Waals surface area (Å²) in [6.07, 6.45) is 0.403. The molecule has 14 heavy (non-hydrogen) atoms. The summed E-state index contributed by atoms with van der Waals surface area (Å²) in [4.78, 5) is 0. The fourth-order valence-electron chi connectivity index (χ4n) is 1.35. The van der Waals surface area contributed by atoms with Gasteiger partial charge >= 0.3 is 0 Å². The second-order valence-electron chi connectivity index (χ2n) is 3.22. The average molecular weight is 218 g/mol. The number of benzene rings is 1. The topological polar surface area (TPSA) is 46.2 Å². The maximum absolute atomic E-state index is 13.0. The molecule has 78 valence electrons. The Bertz CT molecular complexity index is 330. The zero-order valence-corrected chi connectivity index (χ0v) is 8.68. The van der Waals surface area contributed by atoms with Crippen LogP contribution in [0.25, 0.3) is 0 Å². The molecule has 2 nitrogen and oxygen atoms in total. The minimum absolute atomic E-state index is 0.0191. The lowest BCUT2D eigenvalue weighted by molar-refractivity contribution is 0.276. The smallest absolute Gasteiger partial charge is 0.125 e. The summed E-state index contributed by atoms with van der Waals surface area (Å²) in [5.41, 5.74) is 7.19. The van der Waals surface area contributed by atoms with E-state index in [1.54, 1.807) is 6.92 Å². The fraction of sp³-hybridized carbons (Fsp3) is 0.400. The van der Waals surface area contributed by atoms with E-state index < -0.39 is 5.82 Å². The van der Waals surface area contributed by atoms with Gasteiger partial charge in [-0.25, -0.2) is 4.39 Å². The van der Waals surface area contributed by atoms with E-state index in [2.05, 4.69) is 0 Å². The number of aliphatic hydroxyl groups is 1. The first-order chi connectivity index (χ1) is 6.56. The monoisotopic (exact) mass is 217 g/mol. The SMILES string of the molecule is Cc1c(Cl)cc(F)cc1C(N)CCO. The largest absolute Gasteiger partial charge is 0.396 e. The van der Waals surface area contributed by atoms with Crippen molar-refractivity contribution >= 4 is 11.6 Å². The van der Waals surface area contributed by atoms with Crippen LogP contribution in [0.15, 0.2) is 12.1 Å². The molecule has 0 bridgehead atoms. The summed E-state index contributed by atoms with van der Waals surface area (Å²) in [6, 6.07) is 2.25. The second kappa shape index (κ2) is 4.73. The lowest BCUT2D eigenvalue weighted by atomic mass is 9.99. The molecule has 0 saturated heterocycles. The van der Waals surface area contributed by atoms with Gasteiger partial charge in [0.15, 0.2) is 0 Å². The van der Waals surface area contributed by atoms with E-state index in [1.807, 2.05) is 0 Å². The normalized spacial score (nSPS) is 12.9. The van der Waals surface area contributed by atoms with Crippen molar-refractivity contribution in [2.45, 2.75) is 19.4 Å². The number of halogens is 2. The zero-order chi connectivity index (χ0) is 10.7. The van der Waals surface area contributed by atoms with Gasteiger partial charge in [0, 0.05) is 17.7 Å². The predicted octanol–water partition coefficient (Wildman–Crippen LogP) is 2.17. The molecule has 0 radical (unpaired) electrons. The number of nitrogens with two attached hydrogens (primary N) is 1. The van der Waals surface area contributed by atoms with Gasteiger partial charge < -0.3 is 10.8 Å². The standard InChI is InChI=1S/C10H13ClFNO/c1-6-8(10(13)2-3-14)4-7(12)5-9(6)11/h4-5,10,14H,2-3,13H2,1H3. The van der Waals surface area contributed by atoms with E-state index in [4.69, 9.17) is 22.4 Å². The lowest BCUT2D eigenvalue weighted by Gasteiger charge is -2.14. The Kier molecular flexibility index (Phi) is 3.86. The van der Waals surface area contributed by atoms with Crippen LogP contribution in [0.3, 0.4) is 0 Å². The third kappa shape index (κ3) is 2.44. The second-order valence-corrected chi connectivity index (χ2v) is 3.63. The third-order valence-electron chi connectivity index (χ3n) is 2.19. The molecule has 0 spiro atoms. The van der Waals surface area contributed by atoms with E-state index in [0.29, 0.717) is 17.0 Å². The molecule has 0 amide bonds. The molecule has 1 aromatic carbocycles. The van der Waals surface area contributed by atoms with Crippen LogP contribution in [-0.4, -0.2) is 11.7 Å². The Hall–Kier alpha value is -0.640. The summed E-state index contributed by atoms with van der Waals surface area (Å²) >= 11 is 5.81. The van der Waals surface area contributed by atoms with Crippen LogP contribution < -0.4 is 5.73 Å². The first-order valence-electron chi connectivity index (χ1n) is 4.38. The van der Waals surface area contributed by atoms with E-state index in [0.717, 1.165) is 5.56 Å². The Morgan fingerprint density at radius 2 is 2.21 bits per heavy atom. The zero-order valence-electron chi connectivity index (χ0n) is 7.93. The highest BCUT2D eigenvalue weighted by molar-refractivity contribution is 6.31. The van der Waals surface area contributed by atoms with Gasteiger partial charge in [-0.15, -0.1) is 0 Å². The third-order valence-corrected chi connectivity index (χ3v) is 2.58. The molecule has 4 heteroatoms. The van der Waals surface area contributed by atoms with Crippen molar-refractivity contribution in [1.82, 2.24) is 0 Å². The van der Waals surface area contributed by atoms with Crippen LogP contribution in [-0.2, 0) is 0 Å². The molecular formula is C10H13ClFNO. The minimum Gasteiger partial charge on any atom is -0.396 e. The molecule has 1 unspecified atom stereocenters. The number of rotatable bonds is 3. The van der Waals surface area contributed by atoms with Gasteiger partial charge in [-0.1, -0.05) is 11.6 Å². The molecule has 1 atom stereocenters. The maximum Gasteiger partial charge on any atom is 0.125 e. The van der Waals surface area contributed by atoms with Crippen molar-refractivity contribution in [3.05, 3.63) is 34.1 Å². The molecule has 1 rings (SSSR count). The van der Waals surface area contributed by atoms with Crippen LogP contribution in [0.2, 0.25) is 5.02 Å². The summed E-state index contributed by atoms with van der Waals surface area (Å²) < 4.78 is 13.0. The van der Waals surface area contributed by atoms with E-state index >= 15 is 0 Å². The molecule has 0 aliphatic heterocycles. The molecule has 0 aliphatic rings. The van der Waals surface area contributed by atoms with Crippen molar-refractivity contribution in [3.63, 3.8) is 0 Å². The summed E-state index contributed by atoms with van der Waals surface area (Å²) in [6.45, 7) is 1.77. The highest BCUT2D eigenvalue weighted by Gasteiger charge is 2.12.